The molecule has 0 saturated heterocycles. The van der Waals surface area contributed by atoms with Crippen LogP contribution in [0, 0.1) is 34.5 Å². The highest BCUT2D eigenvalue weighted by Gasteiger charge is 2.53. The number of phenolic OH excluding ortho intramolecular Hbond substituents is 2. The van der Waals surface area contributed by atoms with Gasteiger partial charge < -0.3 is 20.4 Å². The van der Waals surface area contributed by atoms with Crippen molar-refractivity contribution in [2.45, 2.75) is 129 Å². The summed E-state index contributed by atoms with van der Waals surface area (Å²) >= 11 is 0. The zero-order valence-corrected chi connectivity index (χ0v) is 30.0. The van der Waals surface area contributed by atoms with Gasteiger partial charge in [-0.05, 0) is 182 Å². The van der Waals surface area contributed by atoms with Crippen molar-refractivity contribution in [2.75, 3.05) is 13.2 Å². The van der Waals surface area contributed by atoms with E-state index < -0.39 is 0 Å². The van der Waals surface area contributed by atoms with Crippen LogP contribution in [0.5, 0.6) is 11.5 Å². The van der Waals surface area contributed by atoms with E-state index in [1.54, 1.807) is 0 Å². The highest BCUT2D eigenvalue weighted by molar-refractivity contribution is 5.47. The van der Waals surface area contributed by atoms with E-state index in [9.17, 15) is 20.4 Å². The number of aliphatic hydroxyl groups excluding tert-OH is 2. The van der Waals surface area contributed by atoms with Gasteiger partial charge in [-0.15, -0.1) is 0 Å². The molecule has 4 N–H and O–H groups in total. The van der Waals surface area contributed by atoms with Gasteiger partial charge in [0.25, 0.3) is 0 Å². The molecular weight excluding hydrogens is 592 g/mol. The van der Waals surface area contributed by atoms with Crippen LogP contribution in [-0.4, -0.2) is 33.6 Å². The summed E-state index contributed by atoms with van der Waals surface area (Å²) in [6.45, 7) is 9.53. The Kier molecular flexibility index (Phi) is 9.39. The number of phenols is 2. The van der Waals surface area contributed by atoms with Crippen LogP contribution in [0.1, 0.15) is 137 Å². The smallest absolute Gasteiger partial charge is 0.119 e. The maximum Gasteiger partial charge on any atom is 0.119 e. The van der Waals surface area contributed by atoms with Crippen molar-refractivity contribution in [1.29, 1.82) is 0 Å². The van der Waals surface area contributed by atoms with E-state index in [-0.39, 0.29) is 13.2 Å². The molecular formula is C44H60O4. The third-order valence-corrected chi connectivity index (χ3v) is 15.0. The van der Waals surface area contributed by atoms with Crippen molar-refractivity contribution in [3.05, 3.63) is 80.9 Å². The molecule has 4 saturated carbocycles. The van der Waals surface area contributed by atoms with E-state index in [0.29, 0.717) is 34.2 Å². The van der Waals surface area contributed by atoms with Crippen molar-refractivity contribution in [3.8, 4) is 11.5 Å². The molecule has 0 aliphatic heterocycles. The van der Waals surface area contributed by atoms with Gasteiger partial charge in [-0.2, -0.15) is 0 Å². The Hall–Kier alpha value is -2.56. The van der Waals surface area contributed by atoms with Gasteiger partial charge in [-0.3, -0.25) is 0 Å². The summed E-state index contributed by atoms with van der Waals surface area (Å²) in [6.07, 6.45) is 20.6. The van der Waals surface area contributed by atoms with Gasteiger partial charge in [-0.1, -0.05) is 63.1 Å². The lowest BCUT2D eigenvalue weighted by Gasteiger charge is -2.49. The summed E-state index contributed by atoms with van der Waals surface area (Å²) in [5, 5.41) is 39.2. The van der Waals surface area contributed by atoms with Crippen LogP contribution >= 0.6 is 0 Å². The molecule has 48 heavy (non-hydrogen) atoms. The highest BCUT2D eigenvalue weighted by atomic mass is 16.3. The SMILES string of the molecule is CCc1cc2c(cc1O)CCC1C2CC[C@]2(C)/C(=C/CO)CCC12.CCc1cc2c(cc1O)CCC1C2CC[C@]2(C)/C(=C\CO)CCC12. The minimum absolute atomic E-state index is 0.188. The third-order valence-electron chi connectivity index (χ3n) is 15.0. The molecule has 6 aliphatic rings. The fraction of sp³-hybridized carbons (Fsp3) is 0.636. The molecule has 4 nitrogen and oxygen atoms in total. The molecule has 0 amide bonds. The number of fused-ring (bicyclic) bond motifs is 10. The van der Waals surface area contributed by atoms with Crippen LogP contribution in [0.3, 0.4) is 0 Å². The summed E-state index contributed by atoms with van der Waals surface area (Å²) in [4.78, 5) is 0. The zero-order chi connectivity index (χ0) is 33.8. The van der Waals surface area contributed by atoms with Crippen molar-refractivity contribution in [3.63, 3.8) is 0 Å². The van der Waals surface area contributed by atoms with Gasteiger partial charge in [0.1, 0.15) is 11.5 Å². The lowest BCUT2D eigenvalue weighted by molar-refractivity contribution is 0.0809. The Labute approximate surface area is 289 Å². The first-order valence-corrected chi connectivity index (χ1v) is 19.5. The fourth-order valence-corrected chi connectivity index (χ4v) is 12.5. The minimum Gasteiger partial charge on any atom is -0.508 e. The zero-order valence-electron chi connectivity index (χ0n) is 30.0. The quantitative estimate of drug-likeness (QED) is 0.248. The van der Waals surface area contributed by atoms with Crippen LogP contribution in [0.15, 0.2) is 47.6 Å². The summed E-state index contributed by atoms with van der Waals surface area (Å²) in [6, 6.07) is 8.71. The number of hydrogen-bond acceptors (Lipinski definition) is 4. The first kappa shape index (κ1) is 33.9. The maximum atomic E-state index is 10.2. The third kappa shape index (κ3) is 5.48. The highest BCUT2D eigenvalue weighted by Crippen LogP contribution is 2.64. The van der Waals surface area contributed by atoms with Gasteiger partial charge >= 0.3 is 0 Å². The molecule has 0 aromatic heterocycles. The average Bonchev–Trinajstić information content (AvgIpc) is 3.60. The molecule has 0 radical (unpaired) electrons. The molecule has 260 valence electrons. The second kappa shape index (κ2) is 13.3. The van der Waals surface area contributed by atoms with Crippen molar-refractivity contribution in [2.24, 2.45) is 34.5 Å². The van der Waals surface area contributed by atoms with Crippen LogP contribution in [0.4, 0.5) is 0 Å². The number of rotatable bonds is 4. The number of aryl methyl sites for hydroxylation is 4. The van der Waals surface area contributed by atoms with Crippen LogP contribution in [-0.2, 0) is 25.7 Å². The number of hydrogen-bond donors (Lipinski definition) is 4. The predicted octanol–water partition coefficient (Wildman–Crippen LogP) is 9.46. The maximum absolute atomic E-state index is 10.2. The van der Waals surface area contributed by atoms with Gasteiger partial charge in [-0.25, -0.2) is 0 Å². The fourth-order valence-electron chi connectivity index (χ4n) is 12.5. The second-order valence-corrected chi connectivity index (χ2v) is 16.7. The molecule has 0 heterocycles. The topological polar surface area (TPSA) is 80.9 Å². The Balaban J connectivity index is 0.000000152. The Morgan fingerprint density at radius 2 is 1.02 bits per heavy atom. The average molecular weight is 653 g/mol. The molecule has 2 aromatic carbocycles. The van der Waals surface area contributed by atoms with Crippen molar-refractivity contribution < 1.29 is 20.4 Å². The van der Waals surface area contributed by atoms with Gasteiger partial charge in [0.15, 0.2) is 0 Å². The molecule has 6 unspecified atom stereocenters. The number of aromatic hydroxyl groups is 2. The molecule has 6 aliphatic carbocycles. The van der Waals surface area contributed by atoms with E-state index in [0.717, 1.165) is 60.5 Å². The lowest BCUT2D eigenvalue weighted by atomic mass is 9.55. The number of aliphatic hydroxyl groups is 2. The minimum atomic E-state index is 0.188. The Morgan fingerprint density at radius 1 is 0.604 bits per heavy atom. The lowest BCUT2D eigenvalue weighted by Crippen LogP contribution is -2.40. The Morgan fingerprint density at radius 3 is 1.40 bits per heavy atom. The summed E-state index contributed by atoms with van der Waals surface area (Å²) < 4.78 is 0. The Bertz CT molecular complexity index is 1470. The molecule has 4 heteroatoms. The molecule has 2 aromatic rings. The van der Waals surface area contributed by atoms with E-state index >= 15 is 0 Å². The summed E-state index contributed by atoms with van der Waals surface area (Å²) in [5.41, 5.74) is 11.7. The summed E-state index contributed by atoms with van der Waals surface area (Å²) in [7, 11) is 0. The molecule has 4 fully saturated rings. The molecule has 8 atom stereocenters. The standard InChI is InChI=1S/2C22H30O2/c2*1-3-14-12-19-15(13-21(14)24)4-6-18-17(19)8-10-22(2)16(9-11-23)5-7-20(18)22/h2*9,12-13,17-18,20,23-24H,3-8,10-11H2,1-2H3/b16-9+;16-9-/t2*17?,18?,20?,22-/m11/s1. The number of allylic oxidation sites excluding steroid dienone is 2. The normalized spacial score (nSPS) is 36.3. The van der Waals surface area contributed by atoms with E-state index in [2.05, 4.69) is 52.0 Å². The second-order valence-electron chi connectivity index (χ2n) is 16.7. The van der Waals surface area contributed by atoms with Crippen LogP contribution in [0.2, 0.25) is 0 Å². The first-order chi connectivity index (χ1) is 23.2. The van der Waals surface area contributed by atoms with Crippen molar-refractivity contribution >= 4 is 0 Å². The van der Waals surface area contributed by atoms with Gasteiger partial charge in [0.05, 0.1) is 13.2 Å². The largest absolute Gasteiger partial charge is 0.508 e. The van der Waals surface area contributed by atoms with Gasteiger partial charge in [0, 0.05) is 0 Å². The summed E-state index contributed by atoms with van der Waals surface area (Å²) in [5.74, 6) is 5.40. The predicted molar refractivity (Wildman–Crippen MR) is 195 cm³/mol. The molecule has 8 rings (SSSR count). The van der Waals surface area contributed by atoms with Crippen LogP contribution in [0.25, 0.3) is 0 Å². The first-order valence-electron chi connectivity index (χ1n) is 19.5. The van der Waals surface area contributed by atoms with Crippen molar-refractivity contribution in [1.82, 2.24) is 0 Å². The molecule has 0 spiro atoms. The van der Waals surface area contributed by atoms with E-state index in [1.807, 2.05) is 12.1 Å². The van der Waals surface area contributed by atoms with E-state index in [4.69, 9.17) is 0 Å². The molecule has 0 bridgehead atoms. The van der Waals surface area contributed by atoms with Gasteiger partial charge in [0.2, 0.25) is 0 Å². The number of benzene rings is 2. The monoisotopic (exact) mass is 652 g/mol. The van der Waals surface area contributed by atoms with Crippen LogP contribution < -0.4 is 0 Å². The van der Waals surface area contributed by atoms with E-state index in [1.165, 1.54) is 97.6 Å².